The third kappa shape index (κ3) is 3.25. The van der Waals surface area contributed by atoms with Crippen LogP contribution in [0.3, 0.4) is 0 Å². The molecule has 0 spiro atoms. The van der Waals surface area contributed by atoms with Gasteiger partial charge in [0.15, 0.2) is 5.82 Å². The van der Waals surface area contributed by atoms with Crippen LogP contribution in [0.1, 0.15) is 5.69 Å². The van der Waals surface area contributed by atoms with Gasteiger partial charge in [-0.25, -0.2) is 9.97 Å². The fourth-order valence-electron chi connectivity index (χ4n) is 4.20. The molecule has 6 rings (SSSR count). The molecule has 0 aliphatic heterocycles. The second-order valence-corrected chi connectivity index (χ2v) is 7.97. The van der Waals surface area contributed by atoms with E-state index in [1.54, 1.807) is 0 Å². The van der Waals surface area contributed by atoms with Gasteiger partial charge in [-0.2, -0.15) is 0 Å². The summed E-state index contributed by atoms with van der Waals surface area (Å²) in [5.41, 5.74) is 7.93. The highest BCUT2D eigenvalue weighted by atomic mass is 16.3. The summed E-state index contributed by atoms with van der Waals surface area (Å²) in [4.78, 5) is 9.64. The van der Waals surface area contributed by atoms with Gasteiger partial charge >= 0.3 is 0 Å². The van der Waals surface area contributed by atoms with Crippen molar-refractivity contribution in [2.75, 3.05) is 0 Å². The molecule has 0 radical (unpaired) electrons. The van der Waals surface area contributed by atoms with Crippen molar-refractivity contribution < 1.29 is 4.42 Å². The molecule has 4 aromatic carbocycles. The Morgan fingerprint density at radius 2 is 1.28 bits per heavy atom. The number of benzene rings is 4. The number of nitrogens with zero attached hydrogens (tertiary/aromatic N) is 2. The Bertz CT molecular complexity index is 1580. The van der Waals surface area contributed by atoms with E-state index >= 15 is 0 Å². The van der Waals surface area contributed by atoms with Crippen molar-refractivity contribution in [3.63, 3.8) is 0 Å². The van der Waals surface area contributed by atoms with Gasteiger partial charge in [-0.15, -0.1) is 0 Å². The number of hydrogen-bond donors (Lipinski definition) is 0. The first-order valence-corrected chi connectivity index (χ1v) is 10.7. The summed E-state index contributed by atoms with van der Waals surface area (Å²) in [6, 6.07) is 35.2. The molecule has 0 amide bonds. The van der Waals surface area contributed by atoms with Gasteiger partial charge in [0, 0.05) is 27.6 Å². The number of aromatic nitrogens is 2. The van der Waals surface area contributed by atoms with Crippen LogP contribution in [0.4, 0.5) is 0 Å². The van der Waals surface area contributed by atoms with Gasteiger partial charge in [0.05, 0.1) is 5.69 Å². The minimum absolute atomic E-state index is 0.725. The summed E-state index contributed by atoms with van der Waals surface area (Å²) in [5.74, 6) is 0.725. The van der Waals surface area contributed by atoms with E-state index in [9.17, 15) is 0 Å². The zero-order valence-corrected chi connectivity index (χ0v) is 17.6. The smallest absolute Gasteiger partial charge is 0.160 e. The zero-order valence-electron chi connectivity index (χ0n) is 17.6. The molecule has 0 fully saturated rings. The number of rotatable bonds is 3. The average Bonchev–Trinajstić information content (AvgIpc) is 3.22. The second-order valence-electron chi connectivity index (χ2n) is 7.97. The minimum atomic E-state index is 0.725. The Hall–Kier alpha value is -4.24. The molecule has 0 saturated carbocycles. The topological polar surface area (TPSA) is 38.9 Å². The van der Waals surface area contributed by atoms with E-state index in [1.165, 1.54) is 5.56 Å². The molecule has 0 aliphatic carbocycles. The third-order valence-electron chi connectivity index (χ3n) is 5.76. The summed E-state index contributed by atoms with van der Waals surface area (Å²) in [5, 5.41) is 2.25. The van der Waals surface area contributed by atoms with Crippen LogP contribution in [-0.2, 0) is 0 Å². The van der Waals surface area contributed by atoms with Gasteiger partial charge in [-0.05, 0) is 48.4 Å². The van der Waals surface area contributed by atoms with Crippen molar-refractivity contribution in [3.8, 4) is 33.8 Å². The number of aryl methyl sites for hydroxylation is 1. The van der Waals surface area contributed by atoms with E-state index < -0.39 is 0 Å². The molecular formula is C29H20N2O. The molecule has 2 aromatic heterocycles. The Kier molecular flexibility index (Phi) is 4.32. The molecule has 152 valence electrons. The van der Waals surface area contributed by atoms with E-state index in [0.29, 0.717) is 0 Å². The Morgan fingerprint density at radius 1 is 0.531 bits per heavy atom. The lowest BCUT2D eigenvalue weighted by molar-refractivity contribution is 0.669. The Balaban J connectivity index is 1.45. The van der Waals surface area contributed by atoms with Crippen molar-refractivity contribution in [2.24, 2.45) is 0 Å². The fraction of sp³-hybridized carbons (Fsp3) is 0.0345. The summed E-state index contributed by atoms with van der Waals surface area (Å²) in [7, 11) is 0. The third-order valence-corrected chi connectivity index (χ3v) is 5.76. The molecule has 0 aliphatic rings. The quantitative estimate of drug-likeness (QED) is 0.299. The molecule has 0 saturated heterocycles. The van der Waals surface area contributed by atoms with Crippen LogP contribution in [0.5, 0.6) is 0 Å². The van der Waals surface area contributed by atoms with E-state index in [1.807, 2.05) is 37.3 Å². The van der Waals surface area contributed by atoms with Gasteiger partial charge in [-0.3, -0.25) is 0 Å². The lowest BCUT2D eigenvalue weighted by Gasteiger charge is -2.08. The molecule has 0 unspecified atom stereocenters. The number of hydrogen-bond acceptors (Lipinski definition) is 3. The van der Waals surface area contributed by atoms with Crippen LogP contribution in [0.2, 0.25) is 0 Å². The van der Waals surface area contributed by atoms with Crippen LogP contribution >= 0.6 is 0 Å². The van der Waals surface area contributed by atoms with Crippen LogP contribution in [0.15, 0.2) is 108 Å². The first-order chi connectivity index (χ1) is 15.7. The summed E-state index contributed by atoms with van der Waals surface area (Å²) >= 11 is 0. The standard InChI is InChI=1S/C29H20N2O/c1-19-16-26(22-14-15-25-24-12-5-6-13-27(24)32-28(25)18-22)31-29(30-19)23-11-7-10-21(17-23)20-8-3-2-4-9-20/h2-18H,1H3. The first-order valence-electron chi connectivity index (χ1n) is 10.7. The predicted molar refractivity (Wildman–Crippen MR) is 130 cm³/mol. The van der Waals surface area contributed by atoms with Gasteiger partial charge in [0.1, 0.15) is 11.2 Å². The second kappa shape index (κ2) is 7.47. The maximum absolute atomic E-state index is 6.08. The van der Waals surface area contributed by atoms with Crippen LogP contribution in [-0.4, -0.2) is 9.97 Å². The maximum Gasteiger partial charge on any atom is 0.160 e. The maximum atomic E-state index is 6.08. The van der Waals surface area contributed by atoms with Crippen molar-refractivity contribution in [1.82, 2.24) is 9.97 Å². The highest BCUT2D eigenvalue weighted by molar-refractivity contribution is 6.05. The first kappa shape index (κ1) is 18.5. The predicted octanol–water partition coefficient (Wildman–Crippen LogP) is 7.69. The van der Waals surface area contributed by atoms with Gasteiger partial charge < -0.3 is 4.42 Å². The SMILES string of the molecule is Cc1cc(-c2ccc3c(c2)oc2ccccc23)nc(-c2cccc(-c3ccccc3)c2)n1. The molecule has 6 aromatic rings. The summed E-state index contributed by atoms with van der Waals surface area (Å²) in [6.45, 7) is 2.01. The van der Waals surface area contributed by atoms with Gasteiger partial charge in [-0.1, -0.05) is 72.8 Å². The van der Waals surface area contributed by atoms with Crippen molar-refractivity contribution in [1.29, 1.82) is 0 Å². The van der Waals surface area contributed by atoms with Gasteiger partial charge in [0.25, 0.3) is 0 Å². The van der Waals surface area contributed by atoms with Crippen molar-refractivity contribution >= 4 is 21.9 Å². The number of fused-ring (bicyclic) bond motifs is 3. The molecule has 0 N–H and O–H groups in total. The summed E-state index contributed by atoms with van der Waals surface area (Å²) in [6.07, 6.45) is 0. The molecule has 3 heteroatoms. The largest absolute Gasteiger partial charge is 0.456 e. The van der Waals surface area contributed by atoms with E-state index in [4.69, 9.17) is 14.4 Å². The van der Waals surface area contributed by atoms with E-state index in [2.05, 4.69) is 72.8 Å². The average molecular weight is 412 g/mol. The highest BCUT2D eigenvalue weighted by Gasteiger charge is 2.11. The lowest BCUT2D eigenvalue weighted by atomic mass is 10.0. The normalized spacial score (nSPS) is 11.3. The van der Waals surface area contributed by atoms with Gasteiger partial charge in [0.2, 0.25) is 0 Å². The van der Waals surface area contributed by atoms with E-state index in [-0.39, 0.29) is 0 Å². The molecule has 2 heterocycles. The van der Waals surface area contributed by atoms with Crippen LogP contribution in [0.25, 0.3) is 55.7 Å². The zero-order chi connectivity index (χ0) is 21.5. The molecule has 32 heavy (non-hydrogen) atoms. The number of para-hydroxylation sites is 1. The number of furan rings is 1. The molecule has 0 bridgehead atoms. The van der Waals surface area contributed by atoms with Crippen molar-refractivity contribution in [2.45, 2.75) is 6.92 Å². The van der Waals surface area contributed by atoms with E-state index in [0.717, 1.165) is 55.8 Å². The fourth-order valence-corrected chi connectivity index (χ4v) is 4.20. The monoisotopic (exact) mass is 412 g/mol. The molecule has 0 atom stereocenters. The Morgan fingerprint density at radius 3 is 2.19 bits per heavy atom. The minimum Gasteiger partial charge on any atom is -0.456 e. The Labute approximate surface area is 186 Å². The van der Waals surface area contributed by atoms with Crippen LogP contribution in [0, 0.1) is 6.92 Å². The lowest BCUT2D eigenvalue weighted by Crippen LogP contribution is -1.95. The molecular weight excluding hydrogens is 392 g/mol. The van der Waals surface area contributed by atoms with Crippen molar-refractivity contribution in [3.05, 3.63) is 109 Å². The summed E-state index contributed by atoms with van der Waals surface area (Å²) < 4.78 is 6.08. The van der Waals surface area contributed by atoms with Crippen LogP contribution < -0.4 is 0 Å². The molecule has 3 nitrogen and oxygen atoms in total. The highest BCUT2D eigenvalue weighted by Crippen LogP contribution is 2.32.